The summed E-state index contributed by atoms with van der Waals surface area (Å²) < 4.78 is 4.78. The summed E-state index contributed by atoms with van der Waals surface area (Å²) in [6, 6.07) is 0. The Hall–Kier alpha value is -1.06. The molecule has 0 aliphatic carbocycles. The number of amides is 1. The van der Waals surface area contributed by atoms with Crippen LogP contribution in [-0.2, 0) is 9.53 Å². The van der Waals surface area contributed by atoms with Crippen molar-refractivity contribution in [3.8, 4) is 0 Å². The summed E-state index contributed by atoms with van der Waals surface area (Å²) in [4.78, 5) is 12.7. The summed E-state index contributed by atoms with van der Waals surface area (Å²) >= 11 is 0. The van der Waals surface area contributed by atoms with Crippen molar-refractivity contribution < 1.29 is 9.53 Å². The molecular weight excluding hydrogens is 134 g/mol. The molecule has 0 radical (unpaired) electrons. The second-order valence-electron chi connectivity index (χ2n) is 1.64. The zero-order valence-electron chi connectivity index (χ0n) is 5.78. The number of hydrogen-bond donors (Lipinski definition) is 0. The number of ether oxygens (including phenoxy) is 1. The molecule has 0 aliphatic rings. The van der Waals surface area contributed by atoms with Crippen LogP contribution in [0.15, 0.2) is 5.11 Å². The van der Waals surface area contributed by atoms with Crippen LogP contribution in [0.3, 0.4) is 0 Å². The van der Waals surface area contributed by atoms with Crippen LogP contribution in [0.4, 0.5) is 0 Å². The van der Waals surface area contributed by atoms with Crippen molar-refractivity contribution in [1.29, 1.82) is 0 Å². The average molecular weight is 143 g/mol. The fourth-order valence-electron chi connectivity index (χ4n) is 0.383. The number of nitrogens with zero attached hydrogens (tertiary/aromatic N) is 3. The van der Waals surface area contributed by atoms with Gasteiger partial charge in [-0.15, -0.1) is 0 Å². The lowest BCUT2D eigenvalue weighted by Gasteiger charge is -1.95. The molecule has 0 aliphatic heterocycles. The van der Waals surface area contributed by atoms with Gasteiger partial charge in [0.25, 0.3) is 0 Å². The van der Waals surface area contributed by atoms with Gasteiger partial charge >= 0.3 is 0 Å². The van der Waals surface area contributed by atoms with E-state index in [-0.39, 0.29) is 6.61 Å². The minimum absolute atomic E-state index is 0.113. The van der Waals surface area contributed by atoms with Crippen LogP contribution in [-0.4, -0.2) is 19.1 Å². The molecule has 0 aromatic heterocycles. The van der Waals surface area contributed by atoms with Gasteiger partial charge in [-0.2, -0.15) is 0 Å². The molecule has 0 fully saturated rings. The van der Waals surface area contributed by atoms with Gasteiger partial charge in [0.1, 0.15) is 6.61 Å². The summed E-state index contributed by atoms with van der Waals surface area (Å²) in [5.41, 5.74) is 7.78. The first-order valence-electron chi connectivity index (χ1n) is 2.97. The smallest absolute Gasteiger partial charge is 0.244 e. The highest BCUT2D eigenvalue weighted by Crippen LogP contribution is 1.82. The van der Waals surface area contributed by atoms with Crippen molar-refractivity contribution in [1.82, 2.24) is 0 Å². The quantitative estimate of drug-likeness (QED) is 0.257. The van der Waals surface area contributed by atoms with Gasteiger partial charge in [-0.3, -0.25) is 4.79 Å². The van der Waals surface area contributed by atoms with E-state index >= 15 is 0 Å². The SMILES string of the molecule is CCCOCC(=O)N=[N+]=[N-]. The van der Waals surface area contributed by atoms with Gasteiger partial charge in [0.15, 0.2) is 0 Å². The molecular formula is C5H9N3O2. The van der Waals surface area contributed by atoms with E-state index in [4.69, 9.17) is 10.3 Å². The molecule has 5 heteroatoms. The first kappa shape index (κ1) is 8.94. The Kier molecular flexibility index (Phi) is 5.42. The monoisotopic (exact) mass is 143 g/mol. The first-order valence-corrected chi connectivity index (χ1v) is 2.97. The number of rotatable bonds is 4. The average Bonchev–Trinajstić information content (AvgIpc) is 1.89. The van der Waals surface area contributed by atoms with Gasteiger partial charge in [0.2, 0.25) is 5.91 Å². The molecule has 0 rings (SSSR count). The van der Waals surface area contributed by atoms with E-state index < -0.39 is 5.91 Å². The zero-order chi connectivity index (χ0) is 7.82. The highest BCUT2D eigenvalue weighted by Gasteiger charge is 1.94. The topological polar surface area (TPSA) is 75.1 Å². The summed E-state index contributed by atoms with van der Waals surface area (Å²) in [6.45, 7) is 2.34. The van der Waals surface area contributed by atoms with E-state index in [1.165, 1.54) is 0 Å². The van der Waals surface area contributed by atoms with Crippen molar-refractivity contribution in [3.05, 3.63) is 10.4 Å². The molecule has 0 aromatic rings. The van der Waals surface area contributed by atoms with E-state index in [1.807, 2.05) is 6.92 Å². The Labute approximate surface area is 58.6 Å². The van der Waals surface area contributed by atoms with Crippen LogP contribution < -0.4 is 0 Å². The minimum Gasteiger partial charge on any atom is -0.373 e. The summed E-state index contributed by atoms with van der Waals surface area (Å²) in [5.74, 6) is -0.573. The fourth-order valence-corrected chi connectivity index (χ4v) is 0.383. The van der Waals surface area contributed by atoms with Crippen LogP contribution in [0, 0.1) is 0 Å². The normalized spacial score (nSPS) is 8.50. The van der Waals surface area contributed by atoms with E-state index in [2.05, 4.69) is 10.0 Å². The van der Waals surface area contributed by atoms with E-state index in [0.29, 0.717) is 6.61 Å². The molecule has 0 spiro atoms. The van der Waals surface area contributed by atoms with Gasteiger partial charge in [-0.25, -0.2) is 0 Å². The van der Waals surface area contributed by atoms with Gasteiger partial charge < -0.3 is 4.74 Å². The van der Waals surface area contributed by atoms with E-state index in [1.54, 1.807) is 0 Å². The predicted octanol–water partition coefficient (Wildman–Crippen LogP) is 1.25. The zero-order valence-corrected chi connectivity index (χ0v) is 5.78. The van der Waals surface area contributed by atoms with Crippen LogP contribution in [0.2, 0.25) is 0 Å². The Morgan fingerprint density at radius 2 is 2.50 bits per heavy atom. The largest absolute Gasteiger partial charge is 0.373 e. The third-order valence-electron chi connectivity index (χ3n) is 0.730. The fraction of sp³-hybridized carbons (Fsp3) is 0.800. The lowest BCUT2D eigenvalue weighted by Crippen LogP contribution is -2.04. The summed E-state index contributed by atoms with van der Waals surface area (Å²) in [6.07, 6.45) is 0.851. The highest BCUT2D eigenvalue weighted by atomic mass is 16.5. The van der Waals surface area contributed by atoms with Crippen molar-refractivity contribution in [2.45, 2.75) is 13.3 Å². The lowest BCUT2D eigenvalue weighted by molar-refractivity contribution is -0.122. The maximum atomic E-state index is 10.4. The maximum Gasteiger partial charge on any atom is 0.244 e. The molecule has 0 unspecified atom stereocenters. The number of hydrogen-bond acceptors (Lipinski definition) is 2. The molecule has 0 saturated heterocycles. The van der Waals surface area contributed by atoms with Crippen molar-refractivity contribution in [2.24, 2.45) is 5.11 Å². The van der Waals surface area contributed by atoms with Crippen molar-refractivity contribution in [3.63, 3.8) is 0 Å². The third-order valence-corrected chi connectivity index (χ3v) is 0.730. The van der Waals surface area contributed by atoms with E-state index in [9.17, 15) is 4.79 Å². The minimum atomic E-state index is -0.573. The predicted molar refractivity (Wildman–Crippen MR) is 35.3 cm³/mol. The number of azide groups is 1. The number of carbonyl (C=O) groups excluding carboxylic acids is 1. The first-order chi connectivity index (χ1) is 4.81. The van der Waals surface area contributed by atoms with Gasteiger partial charge in [-0.05, 0) is 17.1 Å². The molecule has 0 bridgehead atoms. The molecule has 0 aromatic carbocycles. The van der Waals surface area contributed by atoms with Crippen LogP contribution in [0.25, 0.3) is 10.4 Å². The molecule has 56 valence electrons. The van der Waals surface area contributed by atoms with Crippen LogP contribution >= 0.6 is 0 Å². The Bertz CT molecular complexity index is 151. The Balaban J connectivity index is 3.31. The van der Waals surface area contributed by atoms with Crippen LogP contribution in [0.1, 0.15) is 13.3 Å². The molecule has 0 saturated carbocycles. The highest BCUT2D eigenvalue weighted by molar-refractivity contribution is 5.77. The molecule has 0 N–H and O–H groups in total. The van der Waals surface area contributed by atoms with Gasteiger partial charge in [0, 0.05) is 11.5 Å². The van der Waals surface area contributed by atoms with Crippen molar-refractivity contribution in [2.75, 3.05) is 13.2 Å². The Morgan fingerprint density at radius 3 is 3.00 bits per heavy atom. The number of carbonyl (C=O) groups is 1. The second-order valence-corrected chi connectivity index (χ2v) is 1.64. The van der Waals surface area contributed by atoms with Gasteiger partial charge in [-0.1, -0.05) is 6.92 Å². The van der Waals surface area contributed by atoms with Crippen molar-refractivity contribution >= 4 is 5.91 Å². The third kappa shape index (κ3) is 5.08. The molecule has 0 atom stereocenters. The van der Waals surface area contributed by atoms with Gasteiger partial charge in [0.05, 0.1) is 0 Å². The molecule has 1 amide bonds. The Morgan fingerprint density at radius 1 is 1.80 bits per heavy atom. The summed E-state index contributed by atoms with van der Waals surface area (Å²) in [7, 11) is 0. The molecule has 10 heavy (non-hydrogen) atoms. The summed E-state index contributed by atoms with van der Waals surface area (Å²) in [5, 5.41) is 2.81. The maximum absolute atomic E-state index is 10.4. The molecule has 0 heterocycles. The lowest BCUT2D eigenvalue weighted by atomic mass is 10.5. The second kappa shape index (κ2) is 6.07. The standard InChI is InChI=1S/C5H9N3O2/c1-2-3-10-4-5(9)7-8-6/h2-4H2,1H3. The molecule has 5 nitrogen and oxygen atoms in total. The van der Waals surface area contributed by atoms with E-state index in [0.717, 1.165) is 6.42 Å². The van der Waals surface area contributed by atoms with Crippen LogP contribution in [0.5, 0.6) is 0 Å².